The van der Waals surface area contributed by atoms with Gasteiger partial charge in [-0.3, -0.25) is 0 Å². The van der Waals surface area contributed by atoms with Gasteiger partial charge in [0.15, 0.2) is 11.6 Å². The molecule has 4 heterocycles. The number of rotatable bonds is 10. The summed E-state index contributed by atoms with van der Waals surface area (Å²) in [6.07, 6.45) is 0. The molecule has 110 heavy (non-hydrogen) atoms. The fraction of sp³-hybridized carbons (Fsp3) is 0.0192. The first-order chi connectivity index (χ1) is 54.5. The van der Waals surface area contributed by atoms with E-state index in [0.29, 0.717) is 11.6 Å². The highest BCUT2D eigenvalue weighted by Crippen LogP contribution is 2.65. The fourth-order valence-corrected chi connectivity index (χ4v) is 18.1. The SMILES string of the molecule is c1ccc(-c2cc(-c3ccc(-c4ccc5c(c4)Oc4ccc(-c6ccc7ccccc7c6-c6nc(-c7ccccc7)cc(-c7ccccc7)n6)cc4C54c5ccccc5-c5ccccc54)cc3)nc(-c3ccc(-c4ccc(-c5ccc6c(c5)C5(c7ccccc7O6)c6ccccc6-c6ccccc65)cc4)cc3)n2)cc1. The normalized spacial score (nSPS) is 13.2. The summed E-state index contributed by atoms with van der Waals surface area (Å²) in [6, 6.07) is 139. The van der Waals surface area contributed by atoms with Crippen molar-refractivity contribution in [3.05, 3.63) is 433 Å². The average molecular weight is 1400 g/mol. The van der Waals surface area contributed by atoms with Gasteiger partial charge in [0.05, 0.1) is 33.6 Å². The zero-order chi connectivity index (χ0) is 72.4. The van der Waals surface area contributed by atoms with Crippen molar-refractivity contribution in [2.45, 2.75) is 10.8 Å². The highest BCUT2D eigenvalue weighted by atomic mass is 16.5. The topological polar surface area (TPSA) is 70.0 Å². The van der Waals surface area contributed by atoms with Gasteiger partial charge in [-0.2, -0.15) is 0 Å². The molecule has 0 unspecified atom stereocenters. The van der Waals surface area contributed by atoms with Crippen LogP contribution in [0.5, 0.6) is 23.0 Å². The molecule has 2 aromatic heterocycles. The Balaban J connectivity index is 0.593. The minimum absolute atomic E-state index is 0.531. The lowest BCUT2D eigenvalue weighted by Crippen LogP contribution is -2.32. The Hall–Kier alpha value is -14.5. The van der Waals surface area contributed by atoms with Crippen LogP contribution in [0.3, 0.4) is 0 Å². The molecule has 2 aliphatic carbocycles. The van der Waals surface area contributed by atoms with Gasteiger partial charge in [-0.15, -0.1) is 0 Å². The lowest BCUT2D eigenvalue weighted by atomic mass is 9.65. The quantitative estimate of drug-likeness (QED) is 0.136. The van der Waals surface area contributed by atoms with Gasteiger partial charge in [-0.1, -0.05) is 340 Å². The van der Waals surface area contributed by atoms with Gasteiger partial charge in [-0.05, 0) is 148 Å². The molecule has 4 aliphatic rings. The van der Waals surface area contributed by atoms with Crippen molar-refractivity contribution in [2.24, 2.45) is 0 Å². The number of ether oxygens (including phenoxy) is 2. The summed E-state index contributed by atoms with van der Waals surface area (Å²) in [6.45, 7) is 0. The zero-order valence-electron chi connectivity index (χ0n) is 59.6. The van der Waals surface area contributed by atoms with E-state index in [1.165, 1.54) is 44.5 Å². The van der Waals surface area contributed by atoms with Crippen LogP contribution >= 0.6 is 0 Å². The van der Waals surface area contributed by atoms with Crippen molar-refractivity contribution in [3.63, 3.8) is 0 Å². The second kappa shape index (κ2) is 25.1. The Kier molecular flexibility index (Phi) is 14.3. The van der Waals surface area contributed by atoms with Gasteiger partial charge >= 0.3 is 0 Å². The highest BCUT2D eigenvalue weighted by molar-refractivity contribution is 6.04. The molecule has 16 aromatic carbocycles. The second-order valence-corrected chi connectivity index (χ2v) is 29.0. The van der Waals surface area contributed by atoms with E-state index in [4.69, 9.17) is 29.4 Å². The van der Waals surface area contributed by atoms with Crippen LogP contribution in [0.1, 0.15) is 44.5 Å². The smallest absolute Gasteiger partial charge is 0.161 e. The third kappa shape index (κ3) is 9.82. The molecule has 22 rings (SSSR count). The third-order valence-electron chi connectivity index (χ3n) is 23.1. The molecule has 6 nitrogen and oxygen atoms in total. The molecule has 18 aromatic rings. The lowest BCUT2D eigenvalue weighted by molar-refractivity contribution is 0.436. The summed E-state index contributed by atoms with van der Waals surface area (Å²) in [5.41, 5.74) is 31.1. The molecule has 0 amide bonds. The molecule has 2 spiro atoms. The maximum Gasteiger partial charge on any atom is 0.161 e. The van der Waals surface area contributed by atoms with E-state index in [0.717, 1.165) is 157 Å². The molecule has 0 N–H and O–H groups in total. The molecule has 0 saturated heterocycles. The summed E-state index contributed by atoms with van der Waals surface area (Å²) in [5, 5.41) is 2.18. The number of nitrogens with zero attached hydrogens (tertiary/aromatic N) is 4. The first kappa shape index (κ1) is 62.9. The molecular weight excluding hydrogens is 1340 g/mol. The minimum atomic E-state index is -0.736. The lowest BCUT2D eigenvalue weighted by Gasteiger charge is -2.40. The summed E-state index contributed by atoms with van der Waals surface area (Å²) in [5.74, 6) is 4.68. The number of hydrogen-bond acceptors (Lipinski definition) is 6. The number of aromatic nitrogens is 4. The Morgan fingerprint density at radius 2 is 0.518 bits per heavy atom. The zero-order valence-corrected chi connectivity index (χ0v) is 59.6. The van der Waals surface area contributed by atoms with Crippen LogP contribution in [0.4, 0.5) is 0 Å². The maximum absolute atomic E-state index is 7.33. The van der Waals surface area contributed by atoms with E-state index in [9.17, 15) is 0 Å². The van der Waals surface area contributed by atoms with Crippen LogP contribution in [0.2, 0.25) is 0 Å². The van der Waals surface area contributed by atoms with Gasteiger partial charge in [-0.25, -0.2) is 19.9 Å². The van der Waals surface area contributed by atoms with Crippen LogP contribution in [-0.2, 0) is 10.8 Å². The van der Waals surface area contributed by atoms with Crippen LogP contribution in [0.25, 0.3) is 145 Å². The predicted molar refractivity (Wildman–Crippen MR) is 444 cm³/mol. The molecule has 2 aliphatic heterocycles. The number of para-hydroxylation sites is 1. The van der Waals surface area contributed by atoms with Crippen molar-refractivity contribution >= 4 is 10.8 Å². The summed E-state index contributed by atoms with van der Waals surface area (Å²) >= 11 is 0. The monoisotopic (exact) mass is 1400 g/mol. The summed E-state index contributed by atoms with van der Waals surface area (Å²) in [7, 11) is 0. The Morgan fingerprint density at radius 1 is 0.182 bits per heavy atom. The van der Waals surface area contributed by atoms with E-state index >= 15 is 0 Å². The summed E-state index contributed by atoms with van der Waals surface area (Å²) in [4.78, 5) is 21.5. The Morgan fingerprint density at radius 3 is 1.03 bits per heavy atom. The van der Waals surface area contributed by atoms with E-state index in [-0.39, 0.29) is 0 Å². The molecule has 0 fully saturated rings. The van der Waals surface area contributed by atoms with Gasteiger partial charge in [0.25, 0.3) is 0 Å². The molecule has 0 saturated carbocycles. The van der Waals surface area contributed by atoms with Crippen LogP contribution in [0.15, 0.2) is 388 Å². The van der Waals surface area contributed by atoms with Crippen molar-refractivity contribution < 1.29 is 9.47 Å². The fourth-order valence-electron chi connectivity index (χ4n) is 18.1. The van der Waals surface area contributed by atoms with Gasteiger partial charge < -0.3 is 9.47 Å². The highest BCUT2D eigenvalue weighted by Gasteiger charge is 2.53. The minimum Gasteiger partial charge on any atom is -0.457 e. The maximum atomic E-state index is 7.33. The van der Waals surface area contributed by atoms with Crippen molar-refractivity contribution in [1.82, 2.24) is 19.9 Å². The van der Waals surface area contributed by atoms with Crippen LogP contribution in [-0.4, -0.2) is 19.9 Å². The average Bonchev–Trinajstić information content (AvgIpc) is 1.49. The Labute approximate surface area is 637 Å². The third-order valence-corrected chi connectivity index (χ3v) is 23.1. The van der Waals surface area contributed by atoms with E-state index < -0.39 is 10.8 Å². The van der Waals surface area contributed by atoms with Crippen LogP contribution < -0.4 is 9.47 Å². The van der Waals surface area contributed by atoms with Crippen molar-refractivity contribution in [2.75, 3.05) is 0 Å². The van der Waals surface area contributed by atoms with Crippen LogP contribution in [0, 0.1) is 0 Å². The number of hydrogen-bond donors (Lipinski definition) is 0. The van der Waals surface area contributed by atoms with E-state index in [2.05, 4.69) is 370 Å². The second-order valence-electron chi connectivity index (χ2n) is 29.0. The van der Waals surface area contributed by atoms with Gasteiger partial charge in [0.1, 0.15) is 23.0 Å². The molecule has 0 bridgehead atoms. The molecule has 6 heteroatoms. The van der Waals surface area contributed by atoms with E-state index in [1.807, 2.05) is 18.2 Å². The van der Waals surface area contributed by atoms with E-state index in [1.54, 1.807) is 0 Å². The van der Waals surface area contributed by atoms with Gasteiger partial charge in [0.2, 0.25) is 0 Å². The largest absolute Gasteiger partial charge is 0.457 e. The first-order valence-corrected chi connectivity index (χ1v) is 37.5. The van der Waals surface area contributed by atoms with Crippen molar-refractivity contribution in [1.29, 1.82) is 0 Å². The molecule has 0 radical (unpaired) electrons. The molecular formula is C104H64N4O2. The first-order valence-electron chi connectivity index (χ1n) is 37.5. The van der Waals surface area contributed by atoms with Crippen molar-refractivity contribution in [3.8, 4) is 158 Å². The molecule has 512 valence electrons. The predicted octanol–water partition coefficient (Wildman–Crippen LogP) is 26.0. The Bertz CT molecular complexity index is 6610. The molecule has 0 atom stereocenters. The number of fused-ring (bicyclic) bond motifs is 19. The summed E-state index contributed by atoms with van der Waals surface area (Å²) < 4.78 is 14.1. The standard InChI is InChI=1S/C104H64N4O2/c1-4-23-70(24-5-1)92-63-95(106-101(105-92)74-50-46-66(47-51-74)65-40-42-67(43-41-65)75-54-58-97-90(60-75)103(88-38-20-21-39-96(88)109-97)84-34-16-12-30-80(84)81-31-13-17-35-85(81)103)73-48-44-68(45-49-73)76-53-57-89-99(62-76)110-98-59-55-77(61-91(98)104(89)86-36-18-14-32-82(86)83-33-15-19-37-87(83)104)79-56-52-69-22-10-11-29-78(69)100(79)102-107-93(71-25-6-2-7-26-71)64-94(108-102)72-27-8-3-9-28-72/h1-64H. The van der Waals surface area contributed by atoms with Gasteiger partial charge in [0, 0.05) is 55.6 Å². The number of benzene rings is 16.